The first-order valence-electron chi connectivity index (χ1n) is 5.46. The van der Waals surface area contributed by atoms with E-state index in [1.165, 1.54) is 11.3 Å². The second-order valence-corrected chi connectivity index (χ2v) is 4.83. The molecule has 1 aromatic heterocycles. The van der Waals surface area contributed by atoms with Crippen LogP contribution in [-0.2, 0) is 6.54 Å². The first-order chi connectivity index (χ1) is 7.75. The maximum Gasteiger partial charge on any atom is 0.0795 e. The summed E-state index contributed by atoms with van der Waals surface area (Å²) in [4.78, 5) is 4.24. The molecule has 0 radical (unpaired) electrons. The van der Waals surface area contributed by atoms with Gasteiger partial charge in [0.15, 0.2) is 0 Å². The summed E-state index contributed by atoms with van der Waals surface area (Å²) in [6, 6.07) is 8.56. The van der Waals surface area contributed by atoms with E-state index in [9.17, 15) is 0 Å². The number of anilines is 1. The monoisotopic (exact) mass is 232 g/mol. The molecule has 3 heteroatoms. The Bertz CT molecular complexity index is 435. The smallest absolute Gasteiger partial charge is 0.0795 e. The molecule has 0 bridgehead atoms. The van der Waals surface area contributed by atoms with Gasteiger partial charge in [-0.15, -0.1) is 11.3 Å². The number of benzene rings is 1. The predicted octanol–water partition coefficient (Wildman–Crippen LogP) is 3.88. The van der Waals surface area contributed by atoms with Crippen LogP contribution in [0.4, 0.5) is 5.69 Å². The first kappa shape index (κ1) is 11.1. The Morgan fingerprint density at radius 3 is 2.94 bits per heavy atom. The first-order valence-corrected chi connectivity index (χ1v) is 6.41. The van der Waals surface area contributed by atoms with E-state index in [1.54, 1.807) is 11.3 Å². The molecule has 1 aromatic carbocycles. The van der Waals surface area contributed by atoms with Gasteiger partial charge in [0, 0.05) is 11.1 Å². The molecule has 0 fully saturated rings. The summed E-state index contributed by atoms with van der Waals surface area (Å²) in [5, 5.41) is 5.46. The molecule has 84 valence electrons. The van der Waals surface area contributed by atoms with Gasteiger partial charge in [-0.05, 0) is 23.6 Å². The summed E-state index contributed by atoms with van der Waals surface area (Å²) in [5.74, 6) is 0.570. The second kappa shape index (κ2) is 5.12. The summed E-state index contributed by atoms with van der Waals surface area (Å²) < 4.78 is 0. The number of rotatable bonds is 4. The third-order valence-corrected chi connectivity index (χ3v) is 3.15. The van der Waals surface area contributed by atoms with Gasteiger partial charge in [-0.1, -0.05) is 26.0 Å². The fraction of sp³-hybridized carbons (Fsp3) is 0.308. The van der Waals surface area contributed by atoms with Crippen LogP contribution in [0, 0.1) is 0 Å². The van der Waals surface area contributed by atoms with Crippen molar-refractivity contribution in [2.45, 2.75) is 26.3 Å². The van der Waals surface area contributed by atoms with Gasteiger partial charge in [-0.2, -0.15) is 0 Å². The molecule has 2 nitrogen and oxygen atoms in total. The third-order valence-electron chi connectivity index (χ3n) is 2.51. The van der Waals surface area contributed by atoms with Crippen LogP contribution in [0.5, 0.6) is 0 Å². The number of thiazole rings is 1. The van der Waals surface area contributed by atoms with Gasteiger partial charge in [0.1, 0.15) is 0 Å². The Hall–Kier alpha value is -1.35. The SMILES string of the molecule is CC(C)c1cccc(NCc2cscn2)c1. The van der Waals surface area contributed by atoms with Gasteiger partial charge in [0.2, 0.25) is 0 Å². The van der Waals surface area contributed by atoms with Crippen molar-refractivity contribution in [2.24, 2.45) is 0 Å². The van der Waals surface area contributed by atoms with Crippen LogP contribution >= 0.6 is 11.3 Å². The summed E-state index contributed by atoms with van der Waals surface area (Å²) in [6.07, 6.45) is 0. The average Bonchev–Trinajstić information content (AvgIpc) is 2.79. The van der Waals surface area contributed by atoms with Gasteiger partial charge in [-0.25, -0.2) is 4.98 Å². The van der Waals surface area contributed by atoms with Crippen molar-refractivity contribution in [3.8, 4) is 0 Å². The van der Waals surface area contributed by atoms with Crippen molar-refractivity contribution < 1.29 is 0 Å². The molecule has 0 amide bonds. The molecule has 0 aliphatic carbocycles. The summed E-state index contributed by atoms with van der Waals surface area (Å²) in [7, 11) is 0. The van der Waals surface area contributed by atoms with Crippen LogP contribution in [0.25, 0.3) is 0 Å². The minimum Gasteiger partial charge on any atom is -0.379 e. The molecule has 0 saturated carbocycles. The van der Waals surface area contributed by atoms with E-state index in [-0.39, 0.29) is 0 Å². The molecule has 0 aliphatic rings. The number of nitrogens with one attached hydrogen (secondary N) is 1. The Kier molecular flexibility index (Phi) is 3.57. The van der Waals surface area contributed by atoms with Crippen molar-refractivity contribution in [3.05, 3.63) is 46.4 Å². The lowest BCUT2D eigenvalue weighted by atomic mass is 10.0. The average molecular weight is 232 g/mol. The van der Waals surface area contributed by atoms with E-state index < -0.39 is 0 Å². The van der Waals surface area contributed by atoms with E-state index in [4.69, 9.17) is 0 Å². The lowest BCUT2D eigenvalue weighted by Gasteiger charge is -2.09. The quantitative estimate of drug-likeness (QED) is 0.865. The number of hydrogen-bond acceptors (Lipinski definition) is 3. The van der Waals surface area contributed by atoms with Gasteiger partial charge < -0.3 is 5.32 Å². The van der Waals surface area contributed by atoms with Crippen molar-refractivity contribution >= 4 is 17.0 Å². The van der Waals surface area contributed by atoms with Gasteiger partial charge >= 0.3 is 0 Å². The third kappa shape index (κ3) is 2.83. The zero-order chi connectivity index (χ0) is 11.4. The van der Waals surface area contributed by atoms with E-state index in [0.717, 1.165) is 12.2 Å². The van der Waals surface area contributed by atoms with Crippen LogP contribution in [0.15, 0.2) is 35.2 Å². The van der Waals surface area contributed by atoms with Crippen molar-refractivity contribution in [1.82, 2.24) is 4.98 Å². The molecule has 0 aliphatic heterocycles. The summed E-state index contributed by atoms with van der Waals surface area (Å²) in [6.45, 7) is 5.21. The summed E-state index contributed by atoms with van der Waals surface area (Å²) in [5.41, 5.74) is 5.49. The van der Waals surface area contributed by atoms with Crippen LogP contribution < -0.4 is 5.32 Å². The normalized spacial score (nSPS) is 10.7. The molecule has 1 heterocycles. The second-order valence-electron chi connectivity index (χ2n) is 4.11. The van der Waals surface area contributed by atoms with E-state index in [1.807, 2.05) is 5.51 Å². The zero-order valence-corrected chi connectivity index (χ0v) is 10.4. The van der Waals surface area contributed by atoms with Crippen LogP contribution in [0.2, 0.25) is 0 Å². The fourth-order valence-corrected chi connectivity index (χ4v) is 2.08. The Morgan fingerprint density at radius 2 is 2.25 bits per heavy atom. The fourth-order valence-electron chi connectivity index (χ4n) is 1.53. The van der Waals surface area contributed by atoms with Gasteiger partial charge in [0.05, 0.1) is 17.7 Å². The summed E-state index contributed by atoms with van der Waals surface area (Å²) >= 11 is 1.63. The molecular weight excluding hydrogens is 216 g/mol. The number of aromatic nitrogens is 1. The van der Waals surface area contributed by atoms with E-state index in [2.05, 4.69) is 53.8 Å². The molecule has 16 heavy (non-hydrogen) atoms. The topological polar surface area (TPSA) is 24.9 Å². The zero-order valence-electron chi connectivity index (χ0n) is 9.60. The number of hydrogen-bond donors (Lipinski definition) is 1. The van der Waals surface area contributed by atoms with Crippen molar-refractivity contribution in [2.75, 3.05) is 5.32 Å². The number of nitrogens with zero attached hydrogens (tertiary/aromatic N) is 1. The van der Waals surface area contributed by atoms with Crippen molar-refractivity contribution in [3.63, 3.8) is 0 Å². The Morgan fingerprint density at radius 1 is 1.38 bits per heavy atom. The van der Waals surface area contributed by atoms with E-state index in [0.29, 0.717) is 5.92 Å². The maximum atomic E-state index is 4.24. The standard InChI is InChI=1S/C13H16N2S/c1-10(2)11-4-3-5-12(6-11)14-7-13-8-16-9-15-13/h3-6,8-10,14H,7H2,1-2H3. The minimum atomic E-state index is 0.570. The van der Waals surface area contributed by atoms with Gasteiger partial charge in [0.25, 0.3) is 0 Å². The molecular formula is C13H16N2S. The maximum absolute atomic E-state index is 4.24. The highest BCUT2D eigenvalue weighted by atomic mass is 32.1. The molecule has 0 unspecified atom stereocenters. The Labute approximate surface area is 100 Å². The highest BCUT2D eigenvalue weighted by Gasteiger charge is 2.00. The molecule has 2 aromatic rings. The minimum absolute atomic E-state index is 0.570. The molecule has 0 saturated heterocycles. The highest BCUT2D eigenvalue weighted by Crippen LogP contribution is 2.18. The van der Waals surface area contributed by atoms with Crippen LogP contribution in [0.1, 0.15) is 31.0 Å². The molecule has 1 N–H and O–H groups in total. The van der Waals surface area contributed by atoms with E-state index >= 15 is 0 Å². The molecule has 0 atom stereocenters. The van der Waals surface area contributed by atoms with Crippen LogP contribution in [0.3, 0.4) is 0 Å². The highest BCUT2D eigenvalue weighted by molar-refractivity contribution is 7.07. The molecule has 2 rings (SSSR count). The van der Waals surface area contributed by atoms with Crippen LogP contribution in [-0.4, -0.2) is 4.98 Å². The predicted molar refractivity (Wildman–Crippen MR) is 70.0 cm³/mol. The Balaban J connectivity index is 2.01. The van der Waals surface area contributed by atoms with Gasteiger partial charge in [-0.3, -0.25) is 0 Å². The lowest BCUT2D eigenvalue weighted by Crippen LogP contribution is -2.00. The largest absolute Gasteiger partial charge is 0.379 e. The lowest BCUT2D eigenvalue weighted by molar-refractivity contribution is 0.866. The molecule has 0 spiro atoms. The van der Waals surface area contributed by atoms with Crippen molar-refractivity contribution in [1.29, 1.82) is 0 Å².